The molecule has 2 N–H and O–H groups in total. The molecule has 3 unspecified atom stereocenters. The predicted octanol–water partition coefficient (Wildman–Crippen LogP) is 3.13. The van der Waals surface area contributed by atoms with Crippen LogP contribution < -0.4 is 5.32 Å². The van der Waals surface area contributed by atoms with Crippen molar-refractivity contribution < 1.29 is 9.90 Å². The van der Waals surface area contributed by atoms with Crippen molar-refractivity contribution in [1.29, 1.82) is 0 Å². The zero-order valence-corrected chi connectivity index (χ0v) is 13.7. The Morgan fingerprint density at radius 1 is 1.27 bits per heavy atom. The highest BCUT2D eigenvalue weighted by Crippen LogP contribution is 2.23. The highest BCUT2D eigenvalue weighted by molar-refractivity contribution is 5.75. The van der Waals surface area contributed by atoms with Gasteiger partial charge in [-0.1, -0.05) is 30.3 Å². The van der Waals surface area contributed by atoms with E-state index in [0.29, 0.717) is 25.0 Å². The maximum Gasteiger partial charge on any atom is 0.317 e. The topological polar surface area (TPSA) is 52.6 Å². The molecule has 2 rings (SSSR count). The van der Waals surface area contributed by atoms with Crippen molar-refractivity contribution in [2.75, 3.05) is 13.2 Å². The number of urea groups is 1. The molecular formula is C18H28N2O2. The van der Waals surface area contributed by atoms with Gasteiger partial charge in [0.15, 0.2) is 0 Å². The summed E-state index contributed by atoms with van der Waals surface area (Å²) in [4.78, 5) is 14.5. The number of carbonyl (C=O) groups is 1. The van der Waals surface area contributed by atoms with Gasteiger partial charge in [0, 0.05) is 31.2 Å². The molecule has 0 aromatic heterocycles. The van der Waals surface area contributed by atoms with E-state index in [2.05, 4.69) is 31.3 Å². The molecule has 0 bridgehead atoms. The van der Waals surface area contributed by atoms with Crippen LogP contribution in [0, 0.1) is 0 Å². The molecule has 0 aliphatic carbocycles. The van der Waals surface area contributed by atoms with E-state index in [9.17, 15) is 9.90 Å². The monoisotopic (exact) mass is 304 g/mol. The first-order chi connectivity index (χ1) is 10.6. The summed E-state index contributed by atoms with van der Waals surface area (Å²) in [5.74, 6) is 0.158. The van der Waals surface area contributed by atoms with Gasteiger partial charge < -0.3 is 15.3 Å². The molecule has 1 aromatic rings. The van der Waals surface area contributed by atoms with Gasteiger partial charge in [-0.25, -0.2) is 4.79 Å². The minimum Gasteiger partial charge on any atom is -0.396 e. The number of aliphatic hydroxyl groups excluding tert-OH is 1. The van der Waals surface area contributed by atoms with Gasteiger partial charge in [0.2, 0.25) is 0 Å². The maximum absolute atomic E-state index is 12.5. The van der Waals surface area contributed by atoms with Crippen molar-refractivity contribution in [3.8, 4) is 0 Å². The largest absolute Gasteiger partial charge is 0.396 e. The summed E-state index contributed by atoms with van der Waals surface area (Å²) < 4.78 is 0. The first-order valence-electron chi connectivity index (χ1n) is 8.35. The number of aliphatic hydroxyl groups is 1. The van der Waals surface area contributed by atoms with Crippen LogP contribution in [0.1, 0.15) is 51.0 Å². The van der Waals surface area contributed by atoms with E-state index in [-0.39, 0.29) is 18.6 Å². The second-order valence-electron chi connectivity index (χ2n) is 6.34. The van der Waals surface area contributed by atoms with Crippen LogP contribution in [0.3, 0.4) is 0 Å². The van der Waals surface area contributed by atoms with Crippen LogP contribution >= 0.6 is 0 Å². The lowest BCUT2D eigenvalue weighted by atomic mass is 9.96. The highest BCUT2D eigenvalue weighted by Gasteiger charge is 2.29. The molecule has 3 atom stereocenters. The number of likely N-dealkylation sites (tertiary alicyclic amines) is 1. The number of carbonyl (C=O) groups excluding carboxylic acids is 1. The summed E-state index contributed by atoms with van der Waals surface area (Å²) in [5.41, 5.74) is 1.16. The molecular weight excluding hydrogens is 276 g/mol. The fraction of sp³-hybridized carbons (Fsp3) is 0.611. The summed E-state index contributed by atoms with van der Waals surface area (Å²) >= 11 is 0. The average molecular weight is 304 g/mol. The van der Waals surface area contributed by atoms with Gasteiger partial charge in [0.25, 0.3) is 0 Å². The zero-order chi connectivity index (χ0) is 15.9. The molecule has 4 heteroatoms. The van der Waals surface area contributed by atoms with Gasteiger partial charge in [-0.15, -0.1) is 0 Å². The molecule has 4 nitrogen and oxygen atoms in total. The summed E-state index contributed by atoms with van der Waals surface area (Å²) in [5, 5.41) is 12.3. The van der Waals surface area contributed by atoms with Crippen molar-refractivity contribution in [3.05, 3.63) is 35.9 Å². The van der Waals surface area contributed by atoms with Crippen LogP contribution in [-0.2, 0) is 0 Å². The predicted molar refractivity (Wildman–Crippen MR) is 88.9 cm³/mol. The normalized spacial score (nSPS) is 23.1. The van der Waals surface area contributed by atoms with E-state index >= 15 is 0 Å². The molecule has 1 fully saturated rings. The van der Waals surface area contributed by atoms with Crippen LogP contribution in [0.4, 0.5) is 4.79 Å². The van der Waals surface area contributed by atoms with Crippen LogP contribution in [0.15, 0.2) is 30.3 Å². The summed E-state index contributed by atoms with van der Waals surface area (Å²) in [6.07, 6.45) is 4.02. The first kappa shape index (κ1) is 16.8. The van der Waals surface area contributed by atoms with E-state index in [4.69, 9.17) is 0 Å². The molecule has 2 amide bonds. The van der Waals surface area contributed by atoms with Gasteiger partial charge >= 0.3 is 6.03 Å². The third-order valence-electron chi connectivity index (χ3n) is 4.68. The van der Waals surface area contributed by atoms with Crippen molar-refractivity contribution in [1.82, 2.24) is 10.2 Å². The lowest BCUT2D eigenvalue weighted by molar-refractivity contribution is 0.122. The van der Waals surface area contributed by atoms with Gasteiger partial charge in [0.1, 0.15) is 0 Å². The fourth-order valence-corrected chi connectivity index (χ4v) is 3.39. The lowest BCUT2D eigenvalue weighted by Gasteiger charge is -2.39. The summed E-state index contributed by atoms with van der Waals surface area (Å²) in [6, 6.07) is 10.7. The number of hydrogen-bond acceptors (Lipinski definition) is 2. The third kappa shape index (κ3) is 4.23. The average Bonchev–Trinajstić information content (AvgIpc) is 2.52. The number of rotatable bonds is 5. The van der Waals surface area contributed by atoms with Gasteiger partial charge in [-0.3, -0.25) is 0 Å². The standard InChI is InChI=1S/C18H28N2O2/c1-14-7-6-8-15(2)20(14)18(22)19-13-17(11-12-21)16-9-4-3-5-10-16/h3-5,9-10,14-15,17,21H,6-8,11-13H2,1-2H3,(H,19,22). The Kier molecular flexibility index (Phi) is 6.25. The minimum absolute atomic E-state index is 0.0265. The Labute approximate surface area is 133 Å². The van der Waals surface area contributed by atoms with E-state index in [0.717, 1.165) is 18.4 Å². The zero-order valence-electron chi connectivity index (χ0n) is 13.7. The number of nitrogens with one attached hydrogen (secondary N) is 1. The van der Waals surface area contributed by atoms with Crippen molar-refractivity contribution >= 4 is 6.03 Å². The van der Waals surface area contributed by atoms with Crippen LogP contribution in [0.25, 0.3) is 0 Å². The Morgan fingerprint density at radius 3 is 2.50 bits per heavy atom. The smallest absolute Gasteiger partial charge is 0.317 e. The Bertz CT molecular complexity index is 453. The van der Waals surface area contributed by atoms with Crippen LogP contribution in [-0.4, -0.2) is 41.3 Å². The SMILES string of the molecule is CC1CCCC(C)N1C(=O)NCC(CCO)c1ccccc1. The van der Waals surface area contributed by atoms with Gasteiger partial charge in [0.05, 0.1) is 0 Å². The number of hydrogen-bond donors (Lipinski definition) is 2. The first-order valence-corrected chi connectivity index (χ1v) is 8.35. The van der Waals surface area contributed by atoms with Gasteiger partial charge in [-0.2, -0.15) is 0 Å². The molecule has 0 saturated carbocycles. The molecule has 22 heavy (non-hydrogen) atoms. The van der Waals surface area contributed by atoms with Crippen molar-refractivity contribution in [2.24, 2.45) is 0 Å². The van der Waals surface area contributed by atoms with Crippen molar-refractivity contribution in [2.45, 2.75) is 57.5 Å². The Balaban J connectivity index is 1.95. The number of piperidine rings is 1. The minimum atomic E-state index is 0.0265. The van der Waals surface area contributed by atoms with E-state index in [1.807, 2.05) is 23.1 Å². The maximum atomic E-state index is 12.5. The Hall–Kier alpha value is -1.55. The summed E-state index contributed by atoms with van der Waals surface area (Å²) in [6.45, 7) is 4.95. The fourth-order valence-electron chi connectivity index (χ4n) is 3.39. The number of amides is 2. The molecule has 1 heterocycles. The quantitative estimate of drug-likeness (QED) is 0.878. The van der Waals surface area contributed by atoms with Crippen LogP contribution in [0.5, 0.6) is 0 Å². The second-order valence-corrected chi connectivity index (χ2v) is 6.34. The van der Waals surface area contributed by atoms with Crippen molar-refractivity contribution in [3.63, 3.8) is 0 Å². The van der Waals surface area contributed by atoms with Crippen LogP contribution in [0.2, 0.25) is 0 Å². The molecule has 1 saturated heterocycles. The number of nitrogens with zero attached hydrogens (tertiary/aromatic N) is 1. The molecule has 0 spiro atoms. The Morgan fingerprint density at radius 2 is 1.91 bits per heavy atom. The van der Waals surface area contributed by atoms with E-state index in [1.54, 1.807) is 0 Å². The highest BCUT2D eigenvalue weighted by atomic mass is 16.3. The third-order valence-corrected chi connectivity index (χ3v) is 4.68. The van der Waals surface area contributed by atoms with E-state index < -0.39 is 0 Å². The van der Waals surface area contributed by atoms with E-state index in [1.165, 1.54) is 6.42 Å². The lowest BCUT2D eigenvalue weighted by Crippen LogP contribution is -2.52. The number of benzene rings is 1. The molecule has 1 aromatic carbocycles. The second kappa shape index (κ2) is 8.18. The summed E-state index contributed by atoms with van der Waals surface area (Å²) in [7, 11) is 0. The molecule has 122 valence electrons. The molecule has 0 radical (unpaired) electrons. The molecule has 1 aliphatic heterocycles. The van der Waals surface area contributed by atoms with Gasteiger partial charge in [-0.05, 0) is 45.1 Å². The molecule has 1 aliphatic rings.